The molecule has 1 amide bonds. The van der Waals surface area contributed by atoms with Crippen LogP contribution in [0.5, 0.6) is 0 Å². The van der Waals surface area contributed by atoms with Crippen molar-refractivity contribution in [2.45, 2.75) is 11.1 Å². The second-order valence-corrected chi connectivity index (χ2v) is 10.2. The van der Waals surface area contributed by atoms with Gasteiger partial charge in [0.15, 0.2) is 0 Å². The minimum absolute atomic E-state index is 0.0696. The third kappa shape index (κ3) is 4.35. The number of sulfonamides is 1. The summed E-state index contributed by atoms with van der Waals surface area (Å²) >= 11 is 0. The van der Waals surface area contributed by atoms with Gasteiger partial charge in [0.25, 0.3) is 5.91 Å². The van der Waals surface area contributed by atoms with Crippen LogP contribution >= 0.6 is 0 Å². The molecule has 7 nitrogen and oxygen atoms in total. The number of amides is 1. The Morgan fingerprint density at radius 3 is 2.17 bits per heavy atom. The summed E-state index contributed by atoms with van der Waals surface area (Å²) in [6.07, 6.45) is -3.09. The molecular formula is C25H21F3N4O3S. The van der Waals surface area contributed by atoms with E-state index in [0.29, 0.717) is 5.56 Å². The van der Waals surface area contributed by atoms with Crippen LogP contribution in [0.25, 0.3) is 16.7 Å². The third-order valence-corrected chi connectivity index (χ3v) is 8.14. The second-order valence-electron chi connectivity index (χ2n) is 8.34. The number of aromatic nitrogens is 2. The zero-order chi connectivity index (χ0) is 25.5. The van der Waals surface area contributed by atoms with E-state index in [1.165, 1.54) is 11.0 Å². The fraction of sp³-hybridized carbons (Fsp3) is 0.200. The molecule has 11 heteroatoms. The number of halogens is 3. The average molecular weight is 515 g/mol. The van der Waals surface area contributed by atoms with Crippen molar-refractivity contribution < 1.29 is 26.4 Å². The van der Waals surface area contributed by atoms with E-state index in [1.54, 1.807) is 30.6 Å². The maximum Gasteiger partial charge on any atom is 0.417 e. The number of fused-ring (bicyclic) bond motifs is 1. The topological polar surface area (TPSA) is 75.5 Å². The Bertz CT molecular complexity index is 1520. The van der Waals surface area contributed by atoms with E-state index in [4.69, 9.17) is 0 Å². The highest BCUT2D eigenvalue weighted by molar-refractivity contribution is 7.89. The summed E-state index contributed by atoms with van der Waals surface area (Å²) in [4.78, 5) is 18.1. The number of imidazole rings is 1. The van der Waals surface area contributed by atoms with E-state index in [-0.39, 0.29) is 32.1 Å². The van der Waals surface area contributed by atoms with Crippen LogP contribution in [0.15, 0.2) is 84.0 Å². The molecule has 1 aromatic heterocycles. The first-order valence-electron chi connectivity index (χ1n) is 11.1. The minimum atomic E-state index is -4.80. The van der Waals surface area contributed by atoms with Crippen LogP contribution < -0.4 is 0 Å². The normalized spacial score (nSPS) is 15.4. The average Bonchev–Trinajstić information content (AvgIpc) is 3.32. The van der Waals surface area contributed by atoms with E-state index >= 15 is 0 Å². The molecule has 3 aromatic carbocycles. The molecule has 0 N–H and O–H groups in total. The van der Waals surface area contributed by atoms with E-state index in [9.17, 15) is 26.4 Å². The van der Waals surface area contributed by atoms with Gasteiger partial charge in [-0.3, -0.25) is 9.36 Å². The Kier molecular flexibility index (Phi) is 6.05. The highest BCUT2D eigenvalue weighted by atomic mass is 32.2. The molecule has 1 fully saturated rings. The summed E-state index contributed by atoms with van der Waals surface area (Å²) in [6, 6.07) is 18.8. The lowest BCUT2D eigenvalue weighted by Crippen LogP contribution is -2.50. The number of alkyl halides is 3. The summed E-state index contributed by atoms with van der Waals surface area (Å²) in [6.45, 7) is -0.0565. The lowest BCUT2D eigenvalue weighted by Gasteiger charge is -2.34. The molecule has 1 aliphatic heterocycles. The lowest BCUT2D eigenvalue weighted by molar-refractivity contribution is -0.139. The van der Waals surface area contributed by atoms with Gasteiger partial charge in [-0.2, -0.15) is 17.5 Å². The first-order valence-corrected chi connectivity index (χ1v) is 12.6. The molecule has 2 heterocycles. The largest absolute Gasteiger partial charge is 0.417 e. The monoisotopic (exact) mass is 514 g/mol. The Morgan fingerprint density at radius 1 is 0.833 bits per heavy atom. The number of piperazine rings is 1. The van der Waals surface area contributed by atoms with Crippen molar-refractivity contribution in [1.82, 2.24) is 18.8 Å². The number of carbonyl (C=O) groups is 1. The van der Waals surface area contributed by atoms with Crippen LogP contribution in [-0.2, 0) is 16.2 Å². The number of hydrogen-bond donors (Lipinski definition) is 0. The molecule has 0 spiro atoms. The SMILES string of the molecule is O=C(c1ccc(-n2cnc3ccccc32)cc1)N1CCN(S(=O)(=O)c2ccccc2C(F)(F)F)CC1. The van der Waals surface area contributed by atoms with Crippen molar-refractivity contribution in [1.29, 1.82) is 0 Å². The van der Waals surface area contributed by atoms with E-state index in [0.717, 1.165) is 39.2 Å². The Balaban J connectivity index is 1.29. The van der Waals surface area contributed by atoms with Crippen molar-refractivity contribution in [3.8, 4) is 5.69 Å². The fourth-order valence-electron chi connectivity index (χ4n) is 4.31. The van der Waals surface area contributed by atoms with Crippen molar-refractivity contribution in [2.24, 2.45) is 0 Å². The number of hydrogen-bond acceptors (Lipinski definition) is 4. The van der Waals surface area contributed by atoms with Gasteiger partial charge in [0.2, 0.25) is 10.0 Å². The smallest absolute Gasteiger partial charge is 0.336 e. The van der Waals surface area contributed by atoms with Gasteiger partial charge in [-0.15, -0.1) is 0 Å². The highest BCUT2D eigenvalue weighted by Crippen LogP contribution is 2.35. The minimum Gasteiger partial charge on any atom is -0.336 e. The molecule has 0 saturated carbocycles. The first-order chi connectivity index (χ1) is 17.2. The van der Waals surface area contributed by atoms with E-state index < -0.39 is 26.7 Å². The highest BCUT2D eigenvalue weighted by Gasteiger charge is 2.39. The van der Waals surface area contributed by atoms with Crippen LogP contribution in [0.4, 0.5) is 13.2 Å². The maximum atomic E-state index is 13.4. The van der Waals surface area contributed by atoms with Gasteiger partial charge in [-0.25, -0.2) is 13.4 Å². The standard InChI is InChI=1S/C25H21F3N4O3S/c26-25(27,28)20-5-1-4-8-23(20)36(34,35)31-15-13-30(14-16-31)24(33)18-9-11-19(12-10-18)32-17-29-21-6-2-3-7-22(21)32/h1-12,17H,13-16H2. The van der Waals surface area contributed by atoms with Gasteiger partial charge in [-0.05, 0) is 48.5 Å². The Morgan fingerprint density at radius 2 is 1.47 bits per heavy atom. The first kappa shape index (κ1) is 24.0. The Labute approximate surface area is 205 Å². The molecular weight excluding hydrogens is 493 g/mol. The van der Waals surface area contributed by atoms with E-state index in [2.05, 4.69) is 4.98 Å². The number of rotatable bonds is 4. The summed E-state index contributed by atoms with van der Waals surface area (Å²) < 4.78 is 68.9. The summed E-state index contributed by atoms with van der Waals surface area (Å²) in [5.74, 6) is -0.273. The van der Waals surface area contributed by atoms with Crippen LogP contribution in [0.3, 0.4) is 0 Å². The summed E-state index contributed by atoms with van der Waals surface area (Å²) in [5.41, 5.74) is 1.85. The predicted molar refractivity (Wildman–Crippen MR) is 127 cm³/mol. The van der Waals surface area contributed by atoms with E-state index in [1.807, 2.05) is 28.8 Å². The molecule has 0 aliphatic carbocycles. The molecule has 5 rings (SSSR count). The lowest BCUT2D eigenvalue weighted by atomic mass is 10.1. The predicted octanol–water partition coefficient (Wildman–Crippen LogP) is 4.19. The van der Waals surface area contributed by atoms with Gasteiger partial charge in [0, 0.05) is 37.4 Å². The zero-order valence-electron chi connectivity index (χ0n) is 18.9. The zero-order valence-corrected chi connectivity index (χ0v) is 19.7. The molecule has 0 unspecified atom stereocenters. The van der Waals surface area contributed by atoms with Crippen LogP contribution in [0.1, 0.15) is 15.9 Å². The maximum absolute atomic E-state index is 13.4. The third-order valence-electron chi connectivity index (χ3n) is 6.18. The van der Waals surface area contributed by atoms with Crippen LogP contribution in [-0.4, -0.2) is 59.3 Å². The molecule has 36 heavy (non-hydrogen) atoms. The molecule has 0 radical (unpaired) electrons. The molecule has 4 aromatic rings. The molecule has 0 bridgehead atoms. The number of carbonyl (C=O) groups excluding carboxylic acids is 1. The van der Waals surface area contributed by atoms with Gasteiger partial charge in [-0.1, -0.05) is 24.3 Å². The Hall–Kier alpha value is -3.70. The second kappa shape index (κ2) is 9.07. The molecule has 186 valence electrons. The van der Waals surface area contributed by atoms with Gasteiger partial charge < -0.3 is 4.90 Å². The van der Waals surface area contributed by atoms with Crippen molar-refractivity contribution in [2.75, 3.05) is 26.2 Å². The van der Waals surface area contributed by atoms with Crippen molar-refractivity contribution in [3.63, 3.8) is 0 Å². The van der Waals surface area contributed by atoms with Gasteiger partial charge >= 0.3 is 6.18 Å². The molecule has 0 atom stereocenters. The molecule has 1 saturated heterocycles. The van der Waals surface area contributed by atoms with Crippen molar-refractivity contribution >= 4 is 27.0 Å². The summed E-state index contributed by atoms with van der Waals surface area (Å²) in [5, 5.41) is 0. The number of nitrogens with zero attached hydrogens (tertiary/aromatic N) is 4. The number of benzene rings is 3. The van der Waals surface area contributed by atoms with Crippen LogP contribution in [0, 0.1) is 0 Å². The van der Waals surface area contributed by atoms with Crippen molar-refractivity contribution in [3.05, 3.63) is 90.3 Å². The molecule has 1 aliphatic rings. The van der Waals surface area contributed by atoms with Crippen LogP contribution in [0.2, 0.25) is 0 Å². The fourth-order valence-corrected chi connectivity index (χ4v) is 5.94. The van der Waals surface area contributed by atoms with Gasteiger partial charge in [0.05, 0.1) is 21.5 Å². The summed E-state index contributed by atoms with van der Waals surface area (Å²) in [7, 11) is -4.37. The number of para-hydroxylation sites is 2. The quantitative estimate of drug-likeness (QED) is 0.409. The van der Waals surface area contributed by atoms with Gasteiger partial charge in [0.1, 0.15) is 6.33 Å².